The van der Waals surface area contributed by atoms with E-state index < -0.39 is 0 Å². The van der Waals surface area contributed by atoms with Crippen molar-refractivity contribution in [2.75, 3.05) is 13.1 Å². The van der Waals surface area contributed by atoms with Crippen molar-refractivity contribution >= 4 is 15.9 Å². The molecule has 1 aromatic rings. The second kappa shape index (κ2) is 6.13. The molecule has 1 aromatic carbocycles. The topological polar surface area (TPSA) is 29.3 Å². The molecule has 0 radical (unpaired) electrons. The van der Waals surface area contributed by atoms with Crippen LogP contribution in [0.15, 0.2) is 22.7 Å². The fourth-order valence-electron chi connectivity index (χ4n) is 2.47. The van der Waals surface area contributed by atoms with Crippen LogP contribution in [0.3, 0.4) is 0 Å². The van der Waals surface area contributed by atoms with Crippen molar-refractivity contribution in [2.24, 2.45) is 5.73 Å². The van der Waals surface area contributed by atoms with E-state index in [0.717, 1.165) is 23.0 Å². The van der Waals surface area contributed by atoms with Crippen molar-refractivity contribution in [3.63, 3.8) is 0 Å². The monoisotopic (exact) mass is 314 g/mol. The Kier molecular flexibility index (Phi) is 4.76. The zero-order valence-corrected chi connectivity index (χ0v) is 12.3. The fraction of sp³-hybridized carbons (Fsp3) is 0.571. The molecule has 1 unspecified atom stereocenters. The minimum Gasteiger partial charge on any atom is -0.329 e. The summed E-state index contributed by atoms with van der Waals surface area (Å²) in [6.45, 7) is 3.72. The highest BCUT2D eigenvalue weighted by Gasteiger charge is 2.34. The molecule has 0 amide bonds. The molecule has 1 aliphatic carbocycles. The summed E-state index contributed by atoms with van der Waals surface area (Å²) in [5, 5.41) is 0. The Balaban J connectivity index is 2.27. The van der Waals surface area contributed by atoms with Gasteiger partial charge in [-0.1, -0.05) is 22.9 Å². The SMILES string of the molecule is CCCN(C1CC1)C(CN)c1cc(F)ccc1Br. The molecule has 0 bridgehead atoms. The highest BCUT2D eigenvalue weighted by Crippen LogP contribution is 2.36. The Hall–Kier alpha value is -0.450. The van der Waals surface area contributed by atoms with Crippen LogP contribution in [-0.2, 0) is 0 Å². The Labute approximate surface area is 116 Å². The molecule has 18 heavy (non-hydrogen) atoms. The molecule has 0 aliphatic heterocycles. The van der Waals surface area contributed by atoms with E-state index in [0.29, 0.717) is 12.6 Å². The first-order valence-electron chi connectivity index (χ1n) is 6.58. The van der Waals surface area contributed by atoms with Gasteiger partial charge in [-0.15, -0.1) is 0 Å². The maximum Gasteiger partial charge on any atom is 0.123 e. The van der Waals surface area contributed by atoms with Crippen LogP contribution in [0.25, 0.3) is 0 Å². The van der Waals surface area contributed by atoms with Gasteiger partial charge in [-0.2, -0.15) is 0 Å². The van der Waals surface area contributed by atoms with Crippen molar-refractivity contribution in [3.05, 3.63) is 34.1 Å². The van der Waals surface area contributed by atoms with E-state index in [1.54, 1.807) is 12.1 Å². The average Bonchev–Trinajstić information content (AvgIpc) is 3.17. The molecule has 1 atom stereocenters. The van der Waals surface area contributed by atoms with Crippen LogP contribution in [0.4, 0.5) is 4.39 Å². The number of benzene rings is 1. The summed E-state index contributed by atoms with van der Waals surface area (Å²) in [6, 6.07) is 5.59. The van der Waals surface area contributed by atoms with Crippen LogP contribution in [-0.4, -0.2) is 24.0 Å². The highest BCUT2D eigenvalue weighted by atomic mass is 79.9. The Morgan fingerprint density at radius 1 is 1.50 bits per heavy atom. The van der Waals surface area contributed by atoms with E-state index in [4.69, 9.17) is 5.73 Å². The number of hydrogen-bond donors (Lipinski definition) is 1. The molecule has 100 valence electrons. The molecule has 0 heterocycles. The zero-order chi connectivity index (χ0) is 13.1. The molecular formula is C14H20BrFN2. The lowest BCUT2D eigenvalue weighted by molar-refractivity contribution is 0.190. The van der Waals surface area contributed by atoms with E-state index in [2.05, 4.69) is 27.8 Å². The summed E-state index contributed by atoms with van der Waals surface area (Å²) in [6.07, 6.45) is 3.58. The first-order valence-corrected chi connectivity index (χ1v) is 7.37. The third kappa shape index (κ3) is 3.11. The summed E-state index contributed by atoms with van der Waals surface area (Å²) in [7, 11) is 0. The van der Waals surface area contributed by atoms with Gasteiger partial charge >= 0.3 is 0 Å². The molecule has 0 spiro atoms. The maximum absolute atomic E-state index is 13.4. The van der Waals surface area contributed by atoms with Crippen LogP contribution in [0.1, 0.15) is 37.8 Å². The fourth-order valence-corrected chi connectivity index (χ4v) is 2.98. The third-order valence-corrected chi connectivity index (χ3v) is 4.16. The molecule has 1 saturated carbocycles. The molecular weight excluding hydrogens is 295 g/mol. The molecule has 2 nitrogen and oxygen atoms in total. The number of nitrogens with zero attached hydrogens (tertiary/aromatic N) is 1. The highest BCUT2D eigenvalue weighted by molar-refractivity contribution is 9.10. The predicted molar refractivity (Wildman–Crippen MR) is 75.9 cm³/mol. The van der Waals surface area contributed by atoms with Gasteiger partial charge in [-0.05, 0) is 49.6 Å². The number of halogens is 2. The van der Waals surface area contributed by atoms with Gasteiger partial charge in [-0.3, -0.25) is 4.90 Å². The zero-order valence-electron chi connectivity index (χ0n) is 10.7. The number of hydrogen-bond acceptors (Lipinski definition) is 2. The molecule has 4 heteroatoms. The summed E-state index contributed by atoms with van der Waals surface area (Å²) in [5.74, 6) is -0.195. The van der Waals surface area contributed by atoms with Crippen LogP contribution >= 0.6 is 15.9 Å². The van der Waals surface area contributed by atoms with Crippen molar-refractivity contribution in [1.82, 2.24) is 4.90 Å². The third-order valence-electron chi connectivity index (χ3n) is 3.44. The second-order valence-corrected chi connectivity index (χ2v) is 5.74. The lowest BCUT2D eigenvalue weighted by atomic mass is 10.0. The van der Waals surface area contributed by atoms with Gasteiger partial charge in [0.15, 0.2) is 0 Å². The van der Waals surface area contributed by atoms with Gasteiger partial charge in [0, 0.05) is 23.1 Å². The molecule has 0 saturated heterocycles. The standard InChI is InChI=1S/C14H20BrFN2/c1-2-7-18(11-4-5-11)14(9-17)12-8-10(16)3-6-13(12)15/h3,6,8,11,14H,2,4-5,7,9,17H2,1H3. The molecule has 1 aliphatic rings. The van der Waals surface area contributed by atoms with E-state index in [1.807, 2.05) is 0 Å². The first-order chi connectivity index (χ1) is 8.67. The smallest absolute Gasteiger partial charge is 0.123 e. The van der Waals surface area contributed by atoms with E-state index in [1.165, 1.54) is 18.9 Å². The normalized spacial score (nSPS) is 17.2. The van der Waals surface area contributed by atoms with Gasteiger partial charge in [0.05, 0.1) is 0 Å². The maximum atomic E-state index is 13.4. The van der Waals surface area contributed by atoms with E-state index in [-0.39, 0.29) is 11.9 Å². The van der Waals surface area contributed by atoms with Crippen molar-refractivity contribution < 1.29 is 4.39 Å². The van der Waals surface area contributed by atoms with Crippen LogP contribution in [0.5, 0.6) is 0 Å². The largest absolute Gasteiger partial charge is 0.329 e. The summed E-state index contributed by atoms with van der Waals surface area (Å²) in [4.78, 5) is 2.43. The molecule has 2 N–H and O–H groups in total. The predicted octanol–water partition coefficient (Wildman–Crippen LogP) is 3.46. The summed E-state index contributed by atoms with van der Waals surface area (Å²) in [5.41, 5.74) is 6.91. The number of rotatable bonds is 6. The van der Waals surface area contributed by atoms with Gasteiger partial charge < -0.3 is 5.73 Å². The van der Waals surface area contributed by atoms with Crippen molar-refractivity contribution in [1.29, 1.82) is 0 Å². The quantitative estimate of drug-likeness (QED) is 0.871. The van der Waals surface area contributed by atoms with Gasteiger partial charge in [0.25, 0.3) is 0 Å². The molecule has 1 fully saturated rings. The van der Waals surface area contributed by atoms with Gasteiger partial charge in [-0.25, -0.2) is 4.39 Å². The minimum atomic E-state index is -0.195. The van der Waals surface area contributed by atoms with Crippen LogP contribution in [0.2, 0.25) is 0 Å². The Bertz CT molecular complexity index is 407. The molecule has 2 rings (SSSR count). The van der Waals surface area contributed by atoms with Crippen LogP contribution in [0, 0.1) is 5.82 Å². The lowest BCUT2D eigenvalue weighted by Gasteiger charge is -2.31. The Morgan fingerprint density at radius 2 is 2.22 bits per heavy atom. The van der Waals surface area contributed by atoms with E-state index in [9.17, 15) is 4.39 Å². The van der Waals surface area contributed by atoms with Crippen LogP contribution < -0.4 is 5.73 Å². The van der Waals surface area contributed by atoms with E-state index >= 15 is 0 Å². The Morgan fingerprint density at radius 3 is 2.78 bits per heavy atom. The average molecular weight is 315 g/mol. The van der Waals surface area contributed by atoms with Crippen molar-refractivity contribution in [3.8, 4) is 0 Å². The van der Waals surface area contributed by atoms with Gasteiger partial charge in [0.2, 0.25) is 0 Å². The lowest BCUT2D eigenvalue weighted by Crippen LogP contribution is -2.36. The summed E-state index contributed by atoms with van der Waals surface area (Å²) < 4.78 is 14.4. The summed E-state index contributed by atoms with van der Waals surface area (Å²) >= 11 is 3.51. The minimum absolute atomic E-state index is 0.113. The molecule has 0 aromatic heterocycles. The second-order valence-electron chi connectivity index (χ2n) is 4.89. The number of nitrogens with two attached hydrogens (primary N) is 1. The van der Waals surface area contributed by atoms with Gasteiger partial charge in [0.1, 0.15) is 5.82 Å². The first kappa shape index (κ1) is 14.0. The van der Waals surface area contributed by atoms with Crippen molar-refractivity contribution in [2.45, 2.75) is 38.3 Å².